The molecule has 0 saturated heterocycles. The van der Waals surface area contributed by atoms with Crippen LogP contribution in [0.4, 0.5) is 0 Å². The van der Waals surface area contributed by atoms with Gasteiger partial charge in [-0.25, -0.2) is 0 Å². The topological polar surface area (TPSA) is 36.9 Å². The van der Waals surface area contributed by atoms with E-state index in [4.69, 9.17) is 16.5 Å². The Balaban J connectivity index is 4.41. The lowest BCUT2D eigenvalue weighted by Gasteiger charge is -2.35. The van der Waals surface area contributed by atoms with Gasteiger partial charge in [-0.15, -0.1) is 0 Å². The van der Waals surface area contributed by atoms with E-state index in [9.17, 15) is 0 Å². The summed E-state index contributed by atoms with van der Waals surface area (Å²) in [4.78, 5) is 0. The highest BCUT2D eigenvalue weighted by Gasteiger charge is 2.36. The highest BCUT2D eigenvalue weighted by atomic mass is 28.5. The Kier molecular flexibility index (Phi) is 7.62. The zero-order valence-corrected chi connectivity index (χ0v) is 19.6. The van der Waals surface area contributed by atoms with Crippen LogP contribution >= 0.6 is 0 Å². The van der Waals surface area contributed by atoms with Crippen molar-refractivity contribution in [1.82, 2.24) is 0 Å². The Morgan fingerprint density at radius 1 is 0.632 bits per heavy atom. The Morgan fingerprint density at radius 2 is 1.05 bits per heavy atom. The first-order valence-electron chi connectivity index (χ1n) is 6.96. The fraction of sp³-hybridized carbons (Fsp3) is 1.00. The van der Waals surface area contributed by atoms with E-state index in [2.05, 4.69) is 65.5 Å². The van der Waals surface area contributed by atoms with Gasteiger partial charge in [-0.3, -0.25) is 0 Å². The Labute approximate surface area is 126 Å². The maximum Gasteiger partial charge on any atom is 0.312 e. The van der Waals surface area contributed by atoms with E-state index >= 15 is 0 Å². The fourth-order valence-electron chi connectivity index (χ4n) is 2.18. The van der Waals surface area contributed by atoms with Crippen molar-refractivity contribution in [2.75, 3.05) is 0 Å². The minimum atomic E-state index is -2.07. The molecule has 116 valence electrons. The van der Waals surface area contributed by atoms with Crippen molar-refractivity contribution >= 4 is 43.8 Å². The largest absolute Gasteiger partial charge is 0.440 e. The summed E-state index contributed by atoms with van der Waals surface area (Å²) in [7, 11) is -8.36. The van der Waals surface area contributed by atoms with Gasteiger partial charge in [0.2, 0.25) is 0 Å². The number of hydrogen-bond acceptors (Lipinski definition) is 4. The molecule has 0 N–H and O–H groups in total. The standard InChI is InChI=1S/C10H32O4Si5/c1-15(2)11-18(7,8)12-16(3)13-19(9,10)14-17(4,5)6/h15-16H,1-10H3. The predicted octanol–water partition coefficient (Wildman–Crippen LogP) is 3.13. The molecule has 4 nitrogen and oxygen atoms in total. The van der Waals surface area contributed by atoms with Gasteiger partial charge < -0.3 is 16.5 Å². The van der Waals surface area contributed by atoms with Crippen LogP contribution in [0.3, 0.4) is 0 Å². The molecule has 0 aromatic carbocycles. The predicted molar refractivity (Wildman–Crippen MR) is 94.5 cm³/mol. The molecule has 0 heterocycles. The molecule has 0 aliphatic carbocycles. The molecule has 9 heteroatoms. The van der Waals surface area contributed by atoms with Crippen LogP contribution < -0.4 is 0 Å². The SMILES string of the molecule is C[SiH](C)O[Si](C)(C)O[SiH](C)O[Si](C)(C)O[Si](C)(C)C. The summed E-state index contributed by atoms with van der Waals surface area (Å²) in [6.07, 6.45) is 0. The van der Waals surface area contributed by atoms with Crippen LogP contribution in [0.15, 0.2) is 0 Å². The van der Waals surface area contributed by atoms with Gasteiger partial charge in [-0.2, -0.15) is 0 Å². The van der Waals surface area contributed by atoms with Crippen LogP contribution in [0, 0.1) is 0 Å². The number of hydrogen-bond donors (Lipinski definition) is 0. The second kappa shape index (κ2) is 7.27. The van der Waals surface area contributed by atoms with Gasteiger partial charge in [0.1, 0.15) is 0 Å². The van der Waals surface area contributed by atoms with E-state index in [0.29, 0.717) is 0 Å². The fourth-order valence-corrected chi connectivity index (χ4v) is 21.0. The maximum atomic E-state index is 6.18. The molecule has 19 heavy (non-hydrogen) atoms. The maximum absolute atomic E-state index is 6.18. The molecular formula is C10H32O4Si5. The normalized spacial score (nSPS) is 15.9. The van der Waals surface area contributed by atoms with E-state index < -0.39 is 43.8 Å². The zero-order chi connectivity index (χ0) is 15.5. The minimum Gasteiger partial charge on any atom is -0.440 e. The lowest BCUT2D eigenvalue weighted by Crippen LogP contribution is -2.51. The average molecular weight is 357 g/mol. The lowest BCUT2D eigenvalue weighted by molar-refractivity contribution is 0.322. The molecule has 1 unspecified atom stereocenters. The zero-order valence-electron chi connectivity index (χ0n) is 14.3. The third kappa shape index (κ3) is 11.3. The van der Waals surface area contributed by atoms with Gasteiger partial charge in [0, 0.05) is 0 Å². The first kappa shape index (κ1) is 19.9. The van der Waals surface area contributed by atoms with E-state index in [0.717, 1.165) is 0 Å². The highest BCUT2D eigenvalue weighted by molar-refractivity contribution is 6.85. The van der Waals surface area contributed by atoms with Crippen molar-refractivity contribution in [1.29, 1.82) is 0 Å². The van der Waals surface area contributed by atoms with Crippen molar-refractivity contribution in [2.45, 2.75) is 65.5 Å². The minimum absolute atomic E-state index is 1.05. The first-order chi connectivity index (χ1) is 8.22. The second-order valence-electron chi connectivity index (χ2n) is 6.98. The molecule has 0 fully saturated rings. The third-order valence-corrected chi connectivity index (χ3v) is 17.7. The van der Waals surface area contributed by atoms with Gasteiger partial charge in [-0.1, -0.05) is 0 Å². The Morgan fingerprint density at radius 3 is 1.42 bits per heavy atom. The smallest absolute Gasteiger partial charge is 0.312 e. The molecular weight excluding hydrogens is 325 g/mol. The monoisotopic (exact) mass is 356 g/mol. The van der Waals surface area contributed by atoms with E-state index in [1.807, 2.05) is 0 Å². The molecule has 0 spiro atoms. The van der Waals surface area contributed by atoms with Crippen LogP contribution in [0.25, 0.3) is 0 Å². The average Bonchev–Trinajstić information content (AvgIpc) is 1.89. The molecule has 0 radical (unpaired) electrons. The van der Waals surface area contributed by atoms with Gasteiger partial charge in [0.25, 0.3) is 0 Å². The van der Waals surface area contributed by atoms with Gasteiger partial charge >= 0.3 is 26.4 Å². The summed E-state index contributed by atoms with van der Waals surface area (Å²) >= 11 is 0. The lowest BCUT2D eigenvalue weighted by atomic mass is 11.8. The molecule has 0 aliphatic rings. The number of rotatable bonds is 8. The summed E-state index contributed by atoms with van der Waals surface area (Å²) in [5.41, 5.74) is 0. The van der Waals surface area contributed by atoms with Crippen molar-refractivity contribution in [2.24, 2.45) is 0 Å². The van der Waals surface area contributed by atoms with Crippen molar-refractivity contribution in [3.05, 3.63) is 0 Å². The molecule has 0 amide bonds. The van der Waals surface area contributed by atoms with E-state index in [-0.39, 0.29) is 0 Å². The van der Waals surface area contributed by atoms with Crippen LogP contribution in [0.2, 0.25) is 65.5 Å². The molecule has 0 aromatic heterocycles. The second-order valence-corrected chi connectivity index (χ2v) is 23.7. The Hall–Kier alpha value is 0.924. The first-order valence-corrected chi connectivity index (χ1v) is 20.9. The molecule has 0 rings (SSSR count). The van der Waals surface area contributed by atoms with Gasteiger partial charge in [0.05, 0.1) is 0 Å². The van der Waals surface area contributed by atoms with Crippen LogP contribution in [0.1, 0.15) is 0 Å². The molecule has 0 saturated carbocycles. The van der Waals surface area contributed by atoms with Crippen LogP contribution in [-0.4, -0.2) is 43.8 Å². The molecule has 1 atom stereocenters. The summed E-state index contributed by atoms with van der Waals surface area (Å²) in [6.45, 7) is 21.5. The summed E-state index contributed by atoms with van der Waals surface area (Å²) < 4.78 is 24.5. The van der Waals surface area contributed by atoms with Gasteiger partial charge in [-0.05, 0) is 65.5 Å². The van der Waals surface area contributed by atoms with Crippen molar-refractivity contribution in [3.8, 4) is 0 Å². The molecule has 0 aromatic rings. The summed E-state index contributed by atoms with van der Waals surface area (Å²) in [5.74, 6) is 0. The summed E-state index contributed by atoms with van der Waals surface area (Å²) in [6, 6.07) is 0. The summed E-state index contributed by atoms with van der Waals surface area (Å²) in [5, 5.41) is 0. The highest BCUT2D eigenvalue weighted by Crippen LogP contribution is 2.18. The van der Waals surface area contributed by atoms with Crippen LogP contribution in [0.5, 0.6) is 0 Å². The van der Waals surface area contributed by atoms with E-state index in [1.54, 1.807) is 0 Å². The molecule has 0 aliphatic heterocycles. The molecule has 0 bridgehead atoms. The van der Waals surface area contributed by atoms with Crippen molar-refractivity contribution in [3.63, 3.8) is 0 Å². The Bertz CT molecular complexity index is 278. The third-order valence-electron chi connectivity index (χ3n) is 1.97. The van der Waals surface area contributed by atoms with Gasteiger partial charge in [0.15, 0.2) is 17.4 Å². The quantitative estimate of drug-likeness (QED) is 0.626. The van der Waals surface area contributed by atoms with Crippen molar-refractivity contribution < 1.29 is 16.5 Å². The van der Waals surface area contributed by atoms with E-state index in [1.165, 1.54) is 0 Å². The van der Waals surface area contributed by atoms with Crippen LogP contribution in [-0.2, 0) is 16.5 Å².